The molecule has 0 unspecified atom stereocenters. The van der Waals surface area contributed by atoms with Crippen molar-refractivity contribution in [1.29, 1.82) is 0 Å². The van der Waals surface area contributed by atoms with Gasteiger partial charge in [0.2, 0.25) is 0 Å². The number of hydrogen-bond donors (Lipinski definition) is 0. The van der Waals surface area contributed by atoms with E-state index in [0.29, 0.717) is 23.7 Å². The first-order chi connectivity index (χ1) is 8.22. The molecule has 1 aromatic rings. The number of carbonyl (C=O) groups excluding carboxylic acids is 1. The summed E-state index contributed by atoms with van der Waals surface area (Å²) in [7, 11) is 1.57. The van der Waals surface area contributed by atoms with E-state index in [1.165, 1.54) is 19.8 Å². The first-order valence-electron chi connectivity index (χ1n) is 6.03. The molecule has 0 heterocycles. The van der Waals surface area contributed by atoms with Crippen molar-refractivity contribution in [1.82, 2.24) is 0 Å². The van der Waals surface area contributed by atoms with Crippen LogP contribution in [0, 0.1) is 5.92 Å². The van der Waals surface area contributed by atoms with Crippen LogP contribution in [0.2, 0.25) is 0 Å². The van der Waals surface area contributed by atoms with E-state index in [9.17, 15) is 4.79 Å². The summed E-state index contributed by atoms with van der Waals surface area (Å²) in [5, 5.41) is 0. The zero-order chi connectivity index (χ0) is 12.3. The lowest BCUT2D eigenvalue weighted by molar-refractivity contribution is 0.101. The molecule has 1 aromatic carbocycles. The van der Waals surface area contributed by atoms with E-state index in [4.69, 9.17) is 9.47 Å². The van der Waals surface area contributed by atoms with Gasteiger partial charge in [-0.2, -0.15) is 0 Å². The van der Waals surface area contributed by atoms with Gasteiger partial charge in [-0.15, -0.1) is 0 Å². The summed E-state index contributed by atoms with van der Waals surface area (Å²) in [4.78, 5) is 11.6. The number of methoxy groups -OCH3 is 1. The van der Waals surface area contributed by atoms with E-state index in [1.807, 2.05) is 12.1 Å². The van der Waals surface area contributed by atoms with Gasteiger partial charge in [-0.25, -0.2) is 0 Å². The number of Topliss-reactive ketones (excluding diaryl/α,β-unsaturated/α-hetero) is 1. The summed E-state index contributed by atoms with van der Waals surface area (Å²) in [5.41, 5.74) is 0.547. The average Bonchev–Trinajstić information content (AvgIpc) is 3.12. The SMILES string of the molecule is COc1cccc(OCCC2CC2)c1C(C)=O. The largest absolute Gasteiger partial charge is 0.496 e. The maximum Gasteiger partial charge on any atom is 0.167 e. The smallest absolute Gasteiger partial charge is 0.167 e. The normalized spacial score (nSPS) is 14.5. The van der Waals surface area contributed by atoms with Gasteiger partial charge >= 0.3 is 0 Å². The topological polar surface area (TPSA) is 35.5 Å². The molecule has 1 fully saturated rings. The van der Waals surface area contributed by atoms with Gasteiger partial charge in [0.25, 0.3) is 0 Å². The third kappa shape index (κ3) is 2.99. The Labute approximate surface area is 102 Å². The molecule has 1 saturated carbocycles. The Morgan fingerprint density at radius 2 is 2.06 bits per heavy atom. The van der Waals surface area contributed by atoms with Crippen LogP contribution in [0.3, 0.4) is 0 Å². The molecular formula is C14H18O3. The van der Waals surface area contributed by atoms with Crippen molar-refractivity contribution in [2.45, 2.75) is 26.2 Å². The monoisotopic (exact) mass is 234 g/mol. The van der Waals surface area contributed by atoms with Crippen molar-refractivity contribution < 1.29 is 14.3 Å². The molecule has 3 heteroatoms. The minimum absolute atomic E-state index is 0.0242. The maximum atomic E-state index is 11.6. The van der Waals surface area contributed by atoms with Crippen LogP contribution in [0.15, 0.2) is 18.2 Å². The number of hydrogen-bond acceptors (Lipinski definition) is 3. The fraction of sp³-hybridized carbons (Fsp3) is 0.500. The van der Waals surface area contributed by atoms with Gasteiger partial charge < -0.3 is 9.47 Å². The molecule has 0 radical (unpaired) electrons. The van der Waals surface area contributed by atoms with Gasteiger partial charge in [0, 0.05) is 0 Å². The third-order valence-corrected chi connectivity index (χ3v) is 3.04. The highest BCUT2D eigenvalue weighted by Crippen LogP contribution is 2.33. The van der Waals surface area contributed by atoms with E-state index in [2.05, 4.69) is 0 Å². The maximum absolute atomic E-state index is 11.6. The Bertz CT molecular complexity index is 408. The van der Waals surface area contributed by atoms with Crippen LogP contribution >= 0.6 is 0 Å². The lowest BCUT2D eigenvalue weighted by Crippen LogP contribution is -2.05. The van der Waals surface area contributed by atoms with Crippen molar-refractivity contribution in [2.24, 2.45) is 5.92 Å². The minimum Gasteiger partial charge on any atom is -0.496 e. The molecule has 1 aliphatic rings. The molecule has 0 saturated heterocycles. The van der Waals surface area contributed by atoms with Crippen LogP contribution in [-0.4, -0.2) is 19.5 Å². The Kier molecular flexibility index (Phi) is 3.67. The van der Waals surface area contributed by atoms with Crippen molar-refractivity contribution >= 4 is 5.78 Å². The Balaban J connectivity index is 2.09. The summed E-state index contributed by atoms with van der Waals surface area (Å²) in [6.07, 6.45) is 3.72. The fourth-order valence-corrected chi connectivity index (χ4v) is 1.89. The molecular weight excluding hydrogens is 216 g/mol. The molecule has 0 aliphatic heterocycles. The minimum atomic E-state index is -0.0242. The van der Waals surface area contributed by atoms with Gasteiger partial charge in [-0.1, -0.05) is 18.9 Å². The van der Waals surface area contributed by atoms with Gasteiger partial charge in [0.15, 0.2) is 5.78 Å². The molecule has 2 rings (SSSR count). The molecule has 92 valence electrons. The average molecular weight is 234 g/mol. The lowest BCUT2D eigenvalue weighted by atomic mass is 10.1. The Morgan fingerprint density at radius 3 is 2.65 bits per heavy atom. The van der Waals surface area contributed by atoms with E-state index >= 15 is 0 Å². The Morgan fingerprint density at radius 1 is 1.35 bits per heavy atom. The molecule has 0 aromatic heterocycles. The van der Waals surface area contributed by atoms with Gasteiger partial charge in [0.1, 0.15) is 17.1 Å². The first-order valence-corrected chi connectivity index (χ1v) is 6.03. The number of ether oxygens (including phenoxy) is 2. The summed E-state index contributed by atoms with van der Waals surface area (Å²) < 4.78 is 10.9. The summed E-state index contributed by atoms with van der Waals surface area (Å²) in [5.74, 6) is 2.03. The summed E-state index contributed by atoms with van der Waals surface area (Å²) in [6, 6.07) is 5.45. The molecule has 0 atom stereocenters. The predicted octanol–water partition coefficient (Wildman–Crippen LogP) is 3.08. The second kappa shape index (κ2) is 5.21. The quantitative estimate of drug-likeness (QED) is 0.709. The molecule has 1 aliphatic carbocycles. The first kappa shape index (κ1) is 12.0. The van der Waals surface area contributed by atoms with Crippen LogP contribution in [0.5, 0.6) is 11.5 Å². The van der Waals surface area contributed by atoms with Crippen LogP contribution < -0.4 is 9.47 Å². The Hall–Kier alpha value is -1.51. The highest BCUT2D eigenvalue weighted by atomic mass is 16.5. The van der Waals surface area contributed by atoms with Crippen molar-refractivity contribution in [3.05, 3.63) is 23.8 Å². The number of benzene rings is 1. The van der Waals surface area contributed by atoms with Crippen molar-refractivity contribution in [3.8, 4) is 11.5 Å². The highest BCUT2D eigenvalue weighted by Gasteiger charge is 2.21. The number of ketones is 1. The highest BCUT2D eigenvalue weighted by molar-refractivity contribution is 5.99. The lowest BCUT2D eigenvalue weighted by Gasteiger charge is -2.12. The summed E-state index contributed by atoms with van der Waals surface area (Å²) >= 11 is 0. The molecule has 3 nitrogen and oxygen atoms in total. The molecule has 0 spiro atoms. The zero-order valence-electron chi connectivity index (χ0n) is 10.4. The standard InChI is InChI=1S/C14H18O3/c1-10(15)14-12(16-2)4-3-5-13(14)17-9-8-11-6-7-11/h3-5,11H,6-9H2,1-2H3. The predicted molar refractivity (Wildman–Crippen MR) is 65.8 cm³/mol. The molecule has 0 N–H and O–H groups in total. The third-order valence-electron chi connectivity index (χ3n) is 3.04. The van der Waals surface area contributed by atoms with Gasteiger partial charge in [0.05, 0.1) is 13.7 Å². The molecule has 17 heavy (non-hydrogen) atoms. The van der Waals surface area contributed by atoms with E-state index in [-0.39, 0.29) is 5.78 Å². The van der Waals surface area contributed by atoms with Gasteiger partial charge in [-0.3, -0.25) is 4.79 Å². The second-order valence-corrected chi connectivity index (χ2v) is 4.47. The van der Waals surface area contributed by atoms with Crippen LogP contribution in [0.25, 0.3) is 0 Å². The number of carbonyl (C=O) groups is 1. The van der Waals surface area contributed by atoms with Crippen molar-refractivity contribution in [2.75, 3.05) is 13.7 Å². The van der Waals surface area contributed by atoms with Gasteiger partial charge in [-0.05, 0) is 31.4 Å². The second-order valence-electron chi connectivity index (χ2n) is 4.47. The number of rotatable bonds is 6. The van der Waals surface area contributed by atoms with Crippen molar-refractivity contribution in [3.63, 3.8) is 0 Å². The van der Waals surface area contributed by atoms with Crippen LogP contribution in [0.1, 0.15) is 36.5 Å². The zero-order valence-corrected chi connectivity index (χ0v) is 10.4. The van der Waals surface area contributed by atoms with Crippen LogP contribution in [-0.2, 0) is 0 Å². The fourth-order valence-electron chi connectivity index (χ4n) is 1.89. The summed E-state index contributed by atoms with van der Waals surface area (Å²) in [6.45, 7) is 2.21. The molecule has 0 bridgehead atoms. The van der Waals surface area contributed by atoms with Crippen LogP contribution in [0.4, 0.5) is 0 Å². The van der Waals surface area contributed by atoms with E-state index in [1.54, 1.807) is 13.2 Å². The van der Waals surface area contributed by atoms with E-state index < -0.39 is 0 Å². The van der Waals surface area contributed by atoms with E-state index in [0.717, 1.165) is 12.3 Å². The molecule has 0 amide bonds.